The Bertz CT molecular complexity index is 1010. The van der Waals surface area contributed by atoms with E-state index in [-0.39, 0.29) is 11.8 Å². The normalized spacial score (nSPS) is 19.0. The highest BCUT2D eigenvalue weighted by Gasteiger charge is 2.30. The fourth-order valence-corrected chi connectivity index (χ4v) is 3.91. The van der Waals surface area contributed by atoms with E-state index in [4.69, 9.17) is 20.8 Å². The molecule has 1 atom stereocenters. The van der Waals surface area contributed by atoms with Crippen molar-refractivity contribution in [2.75, 3.05) is 19.8 Å². The molecular weight excluding hydrogens is 380 g/mol. The molecule has 0 bridgehead atoms. The highest BCUT2D eigenvalue weighted by atomic mass is 35.5. The lowest BCUT2D eigenvalue weighted by molar-refractivity contribution is 0.0728. The van der Waals surface area contributed by atoms with Crippen LogP contribution in [0.5, 0.6) is 0 Å². The Morgan fingerprint density at radius 2 is 2.25 bits per heavy atom. The molecule has 1 unspecified atom stereocenters. The molecule has 4 heterocycles. The molecule has 3 aromatic rings. The van der Waals surface area contributed by atoms with E-state index < -0.39 is 0 Å². The number of halogens is 1. The summed E-state index contributed by atoms with van der Waals surface area (Å²) in [7, 11) is 0. The molecule has 1 aromatic carbocycles. The number of fused-ring (bicyclic) bond motifs is 1. The first-order chi connectivity index (χ1) is 13.7. The van der Waals surface area contributed by atoms with Gasteiger partial charge in [-0.05, 0) is 30.7 Å². The molecule has 5 rings (SSSR count). The lowest BCUT2D eigenvalue weighted by Crippen LogP contribution is -2.36. The van der Waals surface area contributed by atoms with E-state index in [0.29, 0.717) is 36.7 Å². The van der Waals surface area contributed by atoms with E-state index in [0.717, 1.165) is 36.1 Å². The molecule has 0 saturated carbocycles. The molecule has 0 aliphatic carbocycles. The molecular formula is C20H19ClN4O3. The molecule has 1 saturated heterocycles. The first-order valence-electron chi connectivity index (χ1n) is 9.34. The van der Waals surface area contributed by atoms with Crippen LogP contribution < -0.4 is 0 Å². The van der Waals surface area contributed by atoms with Gasteiger partial charge in [-0.15, -0.1) is 0 Å². The van der Waals surface area contributed by atoms with Crippen molar-refractivity contribution in [1.29, 1.82) is 0 Å². The average molecular weight is 399 g/mol. The minimum absolute atomic E-state index is 0.113. The largest absolute Gasteiger partial charge is 0.445 e. The van der Waals surface area contributed by atoms with Gasteiger partial charge in [-0.3, -0.25) is 4.79 Å². The van der Waals surface area contributed by atoms with Gasteiger partial charge < -0.3 is 14.1 Å². The van der Waals surface area contributed by atoms with E-state index in [2.05, 4.69) is 10.1 Å². The van der Waals surface area contributed by atoms with Gasteiger partial charge in [0.1, 0.15) is 11.5 Å². The molecule has 1 amide bonds. The van der Waals surface area contributed by atoms with Crippen molar-refractivity contribution in [1.82, 2.24) is 19.7 Å². The molecule has 7 nitrogen and oxygen atoms in total. The number of hydrogen-bond donors (Lipinski definition) is 0. The highest BCUT2D eigenvalue weighted by Crippen LogP contribution is 2.30. The number of rotatable bonds is 3. The summed E-state index contributed by atoms with van der Waals surface area (Å²) in [4.78, 5) is 19.6. The smallest absolute Gasteiger partial charge is 0.255 e. The Kier molecular flexibility index (Phi) is 4.41. The SMILES string of the molecule is O=C(c1cc(-n2cccn2)ccc1Cl)N1CCc2oc(C3CCOC3)nc2C1. The number of oxazole rings is 1. The van der Waals surface area contributed by atoms with Crippen LogP contribution in [0.15, 0.2) is 41.1 Å². The van der Waals surface area contributed by atoms with Gasteiger partial charge in [0, 0.05) is 32.0 Å². The van der Waals surface area contributed by atoms with Gasteiger partial charge in [0.2, 0.25) is 0 Å². The Morgan fingerprint density at radius 3 is 3.04 bits per heavy atom. The zero-order valence-electron chi connectivity index (χ0n) is 15.2. The third-order valence-corrected chi connectivity index (χ3v) is 5.59. The summed E-state index contributed by atoms with van der Waals surface area (Å²) in [5.74, 6) is 1.71. The lowest BCUT2D eigenvalue weighted by Gasteiger charge is -2.26. The average Bonchev–Trinajstić information content (AvgIpc) is 3.48. The van der Waals surface area contributed by atoms with Crippen molar-refractivity contribution < 1.29 is 13.9 Å². The summed E-state index contributed by atoms with van der Waals surface area (Å²) in [6.07, 6.45) is 5.10. The predicted molar refractivity (Wildman–Crippen MR) is 102 cm³/mol. The quantitative estimate of drug-likeness (QED) is 0.677. The minimum atomic E-state index is -0.113. The molecule has 2 aromatic heterocycles. The summed E-state index contributed by atoms with van der Waals surface area (Å²) in [6.45, 7) is 2.39. The van der Waals surface area contributed by atoms with Crippen LogP contribution in [0.3, 0.4) is 0 Å². The van der Waals surface area contributed by atoms with Crippen LogP contribution in [0.4, 0.5) is 0 Å². The van der Waals surface area contributed by atoms with Crippen LogP contribution in [0.25, 0.3) is 5.69 Å². The number of hydrogen-bond acceptors (Lipinski definition) is 5. The first-order valence-corrected chi connectivity index (χ1v) is 9.72. The van der Waals surface area contributed by atoms with E-state index >= 15 is 0 Å². The summed E-state index contributed by atoms with van der Waals surface area (Å²) < 4.78 is 13.1. The Labute approximate surface area is 166 Å². The number of benzene rings is 1. The van der Waals surface area contributed by atoms with Gasteiger partial charge in [0.25, 0.3) is 5.91 Å². The van der Waals surface area contributed by atoms with Gasteiger partial charge in [-0.1, -0.05) is 11.6 Å². The van der Waals surface area contributed by atoms with Crippen molar-refractivity contribution in [3.63, 3.8) is 0 Å². The molecule has 8 heteroatoms. The fourth-order valence-electron chi connectivity index (χ4n) is 3.71. The van der Waals surface area contributed by atoms with E-state index in [1.54, 1.807) is 27.9 Å². The van der Waals surface area contributed by atoms with Crippen molar-refractivity contribution in [3.05, 3.63) is 64.6 Å². The van der Waals surface area contributed by atoms with Crippen molar-refractivity contribution in [2.24, 2.45) is 0 Å². The van der Waals surface area contributed by atoms with Crippen molar-refractivity contribution in [3.8, 4) is 5.69 Å². The maximum Gasteiger partial charge on any atom is 0.255 e. The van der Waals surface area contributed by atoms with Crippen LogP contribution >= 0.6 is 11.6 Å². The van der Waals surface area contributed by atoms with Crippen LogP contribution in [0.2, 0.25) is 5.02 Å². The topological polar surface area (TPSA) is 73.4 Å². The molecule has 144 valence electrons. The zero-order chi connectivity index (χ0) is 19.1. The molecule has 2 aliphatic heterocycles. The maximum atomic E-state index is 13.1. The van der Waals surface area contributed by atoms with Crippen molar-refractivity contribution >= 4 is 17.5 Å². The van der Waals surface area contributed by atoms with E-state index in [1.807, 2.05) is 18.3 Å². The summed E-state index contributed by atoms with van der Waals surface area (Å²) in [6, 6.07) is 7.18. The van der Waals surface area contributed by atoms with E-state index in [1.165, 1.54) is 0 Å². The summed E-state index contributed by atoms with van der Waals surface area (Å²) in [5, 5.41) is 4.64. The number of aromatic nitrogens is 3. The monoisotopic (exact) mass is 398 g/mol. The number of carbonyl (C=O) groups is 1. The zero-order valence-corrected chi connectivity index (χ0v) is 15.9. The maximum absolute atomic E-state index is 13.1. The second-order valence-corrected chi connectivity index (χ2v) is 7.48. The molecule has 1 fully saturated rings. The molecule has 2 aliphatic rings. The molecule has 0 spiro atoms. The van der Waals surface area contributed by atoms with Gasteiger partial charge in [-0.25, -0.2) is 9.67 Å². The third kappa shape index (κ3) is 3.10. The Balaban J connectivity index is 1.39. The van der Waals surface area contributed by atoms with Crippen LogP contribution in [0.1, 0.15) is 40.0 Å². The van der Waals surface area contributed by atoms with Crippen LogP contribution in [-0.2, 0) is 17.7 Å². The van der Waals surface area contributed by atoms with Gasteiger partial charge >= 0.3 is 0 Å². The lowest BCUT2D eigenvalue weighted by atomic mass is 10.1. The number of nitrogens with zero attached hydrogens (tertiary/aromatic N) is 4. The summed E-state index contributed by atoms with van der Waals surface area (Å²) >= 11 is 6.34. The third-order valence-electron chi connectivity index (χ3n) is 5.26. The minimum Gasteiger partial charge on any atom is -0.445 e. The second-order valence-electron chi connectivity index (χ2n) is 7.07. The fraction of sp³-hybridized carbons (Fsp3) is 0.350. The molecule has 0 radical (unpaired) electrons. The van der Waals surface area contributed by atoms with E-state index in [9.17, 15) is 4.79 Å². The number of amides is 1. The molecule has 0 N–H and O–H groups in total. The van der Waals surface area contributed by atoms with Crippen LogP contribution in [0, 0.1) is 0 Å². The second kappa shape index (κ2) is 7.07. The molecule has 28 heavy (non-hydrogen) atoms. The van der Waals surface area contributed by atoms with Gasteiger partial charge in [0.05, 0.1) is 35.3 Å². The number of ether oxygens (including phenoxy) is 1. The standard InChI is InChI=1S/C20H19ClN4O3/c21-16-3-2-14(25-7-1-6-22-25)10-15(16)20(26)24-8-4-18-17(11-24)23-19(28-18)13-5-9-27-12-13/h1-3,6-7,10,13H,4-5,8-9,11-12H2. The van der Waals surface area contributed by atoms with Crippen molar-refractivity contribution in [2.45, 2.75) is 25.3 Å². The summed E-state index contributed by atoms with van der Waals surface area (Å²) in [5.41, 5.74) is 2.09. The number of carbonyl (C=O) groups excluding carboxylic acids is 1. The Morgan fingerprint density at radius 1 is 1.32 bits per heavy atom. The van der Waals surface area contributed by atoms with Gasteiger partial charge in [-0.2, -0.15) is 5.10 Å². The van der Waals surface area contributed by atoms with Gasteiger partial charge in [0.15, 0.2) is 5.89 Å². The highest BCUT2D eigenvalue weighted by molar-refractivity contribution is 6.33. The Hall–Kier alpha value is -2.64. The van der Waals surface area contributed by atoms with Crippen LogP contribution in [-0.4, -0.2) is 45.3 Å². The predicted octanol–water partition coefficient (Wildman–Crippen LogP) is 3.22. The first kappa shape index (κ1) is 17.5.